The van der Waals surface area contributed by atoms with Gasteiger partial charge in [-0.2, -0.15) is 0 Å². The molecule has 0 fully saturated rings. The molecule has 0 heterocycles. The highest BCUT2D eigenvalue weighted by Gasteiger charge is 2.08. The lowest BCUT2D eigenvalue weighted by Crippen LogP contribution is -2.21. The highest BCUT2D eigenvalue weighted by atomic mass is 16.6. The standard InChI is InChI=1S/C11H24O4/c1-11(2,3)15-9-8-13-6-4-5-7-14-10-12/h12H,4-10H2,1-3H3. The summed E-state index contributed by atoms with van der Waals surface area (Å²) in [6.07, 6.45) is 1.87. The average Bonchev–Trinajstić information content (AvgIpc) is 2.14. The number of hydrogen-bond donors (Lipinski definition) is 1. The van der Waals surface area contributed by atoms with Crippen molar-refractivity contribution in [3.63, 3.8) is 0 Å². The molecule has 0 aliphatic rings. The molecular formula is C11H24O4. The van der Waals surface area contributed by atoms with Crippen LogP contribution in [-0.2, 0) is 14.2 Å². The van der Waals surface area contributed by atoms with Crippen LogP contribution in [0.3, 0.4) is 0 Å². The minimum absolute atomic E-state index is 0.0850. The van der Waals surface area contributed by atoms with Gasteiger partial charge in [-0.15, -0.1) is 0 Å². The summed E-state index contributed by atoms with van der Waals surface area (Å²) in [5.74, 6) is 0. The minimum Gasteiger partial charge on any atom is -0.379 e. The van der Waals surface area contributed by atoms with E-state index in [2.05, 4.69) is 0 Å². The van der Waals surface area contributed by atoms with E-state index in [1.165, 1.54) is 0 Å². The van der Waals surface area contributed by atoms with Crippen molar-refractivity contribution in [3.05, 3.63) is 0 Å². The number of ether oxygens (including phenoxy) is 3. The molecule has 0 spiro atoms. The van der Waals surface area contributed by atoms with E-state index in [4.69, 9.17) is 19.3 Å². The topological polar surface area (TPSA) is 47.9 Å². The zero-order chi connectivity index (χ0) is 11.6. The number of aliphatic hydroxyl groups excluding tert-OH is 1. The lowest BCUT2D eigenvalue weighted by Gasteiger charge is -2.19. The van der Waals surface area contributed by atoms with Gasteiger partial charge in [-0.25, -0.2) is 0 Å². The Morgan fingerprint density at radius 3 is 2.00 bits per heavy atom. The van der Waals surface area contributed by atoms with Gasteiger partial charge in [-0.05, 0) is 33.6 Å². The Labute approximate surface area is 92.5 Å². The predicted molar refractivity (Wildman–Crippen MR) is 58.8 cm³/mol. The fourth-order valence-electron chi connectivity index (χ4n) is 0.982. The monoisotopic (exact) mass is 220 g/mol. The highest BCUT2D eigenvalue weighted by molar-refractivity contribution is 4.57. The summed E-state index contributed by atoms with van der Waals surface area (Å²) in [4.78, 5) is 0. The lowest BCUT2D eigenvalue weighted by atomic mass is 10.2. The second-order valence-corrected chi connectivity index (χ2v) is 4.32. The molecule has 0 radical (unpaired) electrons. The number of hydrogen-bond acceptors (Lipinski definition) is 4. The molecule has 1 N–H and O–H groups in total. The molecule has 4 nitrogen and oxygen atoms in total. The van der Waals surface area contributed by atoms with Gasteiger partial charge in [-0.1, -0.05) is 0 Å². The third kappa shape index (κ3) is 13.8. The van der Waals surface area contributed by atoms with Crippen LogP contribution in [0.4, 0.5) is 0 Å². The molecular weight excluding hydrogens is 196 g/mol. The van der Waals surface area contributed by atoms with E-state index in [1.807, 2.05) is 20.8 Å². The summed E-state index contributed by atoms with van der Waals surface area (Å²) in [6.45, 7) is 8.48. The first-order valence-corrected chi connectivity index (χ1v) is 5.46. The highest BCUT2D eigenvalue weighted by Crippen LogP contribution is 2.05. The van der Waals surface area contributed by atoms with Gasteiger partial charge in [0.1, 0.15) is 6.79 Å². The van der Waals surface area contributed by atoms with Gasteiger partial charge in [0.05, 0.1) is 18.8 Å². The molecule has 0 aromatic rings. The fourth-order valence-corrected chi connectivity index (χ4v) is 0.982. The first kappa shape index (κ1) is 14.8. The van der Waals surface area contributed by atoms with E-state index in [0.717, 1.165) is 19.4 Å². The Balaban J connectivity index is 2.99. The maximum atomic E-state index is 8.35. The largest absolute Gasteiger partial charge is 0.379 e. The molecule has 92 valence electrons. The van der Waals surface area contributed by atoms with Gasteiger partial charge in [-0.3, -0.25) is 0 Å². The molecule has 0 aromatic heterocycles. The maximum absolute atomic E-state index is 8.35. The van der Waals surface area contributed by atoms with E-state index >= 15 is 0 Å². The van der Waals surface area contributed by atoms with Crippen LogP contribution in [0.2, 0.25) is 0 Å². The number of unbranched alkanes of at least 4 members (excludes halogenated alkanes) is 1. The molecule has 15 heavy (non-hydrogen) atoms. The summed E-state index contributed by atoms with van der Waals surface area (Å²) >= 11 is 0. The third-order valence-corrected chi connectivity index (χ3v) is 1.68. The zero-order valence-electron chi connectivity index (χ0n) is 10.1. The summed E-state index contributed by atoms with van der Waals surface area (Å²) in [5, 5.41) is 8.35. The Morgan fingerprint density at radius 1 is 0.867 bits per heavy atom. The predicted octanol–water partition coefficient (Wildman–Crippen LogP) is 1.56. The Bertz CT molecular complexity index is 131. The van der Waals surface area contributed by atoms with E-state index in [9.17, 15) is 0 Å². The molecule has 0 saturated heterocycles. The van der Waals surface area contributed by atoms with E-state index in [1.54, 1.807) is 0 Å². The smallest absolute Gasteiger partial charge is 0.143 e. The second kappa shape index (κ2) is 9.09. The van der Waals surface area contributed by atoms with Gasteiger partial charge in [0.25, 0.3) is 0 Å². The van der Waals surface area contributed by atoms with Crippen LogP contribution in [0.1, 0.15) is 33.6 Å². The average molecular weight is 220 g/mol. The molecule has 0 unspecified atom stereocenters. The maximum Gasteiger partial charge on any atom is 0.143 e. The normalized spacial score (nSPS) is 12.0. The molecule has 0 aromatic carbocycles. The van der Waals surface area contributed by atoms with Crippen molar-refractivity contribution < 1.29 is 19.3 Å². The quantitative estimate of drug-likeness (QED) is 0.473. The molecule has 0 amide bonds. The molecule has 4 heteroatoms. The Hall–Kier alpha value is -0.160. The summed E-state index contributed by atoms with van der Waals surface area (Å²) in [5.41, 5.74) is -0.0850. The van der Waals surface area contributed by atoms with Crippen molar-refractivity contribution in [3.8, 4) is 0 Å². The first-order valence-electron chi connectivity index (χ1n) is 5.46. The first-order chi connectivity index (χ1) is 7.06. The van der Waals surface area contributed by atoms with Gasteiger partial charge in [0.15, 0.2) is 0 Å². The molecule has 0 bridgehead atoms. The van der Waals surface area contributed by atoms with Gasteiger partial charge >= 0.3 is 0 Å². The third-order valence-electron chi connectivity index (χ3n) is 1.68. The van der Waals surface area contributed by atoms with Crippen LogP contribution in [0.15, 0.2) is 0 Å². The van der Waals surface area contributed by atoms with Crippen molar-refractivity contribution in [1.29, 1.82) is 0 Å². The van der Waals surface area contributed by atoms with Crippen LogP contribution < -0.4 is 0 Å². The van der Waals surface area contributed by atoms with Crippen molar-refractivity contribution in [2.24, 2.45) is 0 Å². The van der Waals surface area contributed by atoms with Crippen molar-refractivity contribution in [2.45, 2.75) is 39.2 Å². The van der Waals surface area contributed by atoms with Crippen molar-refractivity contribution in [1.82, 2.24) is 0 Å². The summed E-state index contributed by atoms with van der Waals surface area (Å²) < 4.78 is 15.6. The second-order valence-electron chi connectivity index (χ2n) is 4.32. The van der Waals surface area contributed by atoms with E-state index < -0.39 is 0 Å². The molecule has 0 rings (SSSR count). The molecule has 0 saturated carbocycles. The van der Waals surface area contributed by atoms with Gasteiger partial charge in [0, 0.05) is 13.2 Å². The van der Waals surface area contributed by atoms with Crippen molar-refractivity contribution in [2.75, 3.05) is 33.2 Å². The molecule has 0 aliphatic carbocycles. The number of rotatable bonds is 9. The zero-order valence-corrected chi connectivity index (χ0v) is 10.1. The van der Waals surface area contributed by atoms with Gasteiger partial charge < -0.3 is 19.3 Å². The van der Waals surface area contributed by atoms with Crippen LogP contribution in [0.5, 0.6) is 0 Å². The minimum atomic E-state index is -0.194. The molecule has 0 aliphatic heterocycles. The van der Waals surface area contributed by atoms with Crippen LogP contribution in [-0.4, -0.2) is 43.9 Å². The van der Waals surface area contributed by atoms with Crippen LogP contribution in [0, 0.1) is 0 Å². The summed E-state index contributed by atoms with van der Waals surface area (Å²) in [7, 11) is 0. The van der Waals surface area contributed by atoms with E-state index in [0.29, 0.717) is 19.8 Å². The van der Waals surface area contributed by atoms with Crippen LogP contribution >= 0.6 is 0 Å². The Morgan fingerprint density at radius 2 is 1.47 bits per heavy atom. The van der Waals surface area contributed by atoms with E-state index in [-0.39, 0.29) is 12.4 Å². The fraction of sp³-hybridized carbons (Fsp3) is 1.00. The molecule has 0 atom stereocenters. The lowest BCUT2D eigenvalue weighted by molar-refractivity contribution is -0.0368. The van der Waals surface area contributed by atoms with Gasteiger partial charge in [0.2, 0.25) is 0 Å². The Kier molecular flexibility index (Phi) is 9.00. The van der Waals surface area contributed by atoms with Crippen LogP contribution in [0.25, 0.3) is 0 Å². The number of aliphatic hydroxyl groups is 1. The SMILES string of the molecule is CC(C)(C)OCCOCCCCOCO. The van der Waals surface area contributed by atoms with Crippen molar-refractivity contribution >= 4 is 0 Å². The summed E-state index contributed by atoms with van der Waals surface area (Å²) in [6, 6.07) is 0.